The van der Waals surface area contributed by atoms with Crippen molar-refractivity contribution in [1.82, 2.24) is 10.6 Å². The van der Waals surface area contributed by atoms with Crippen molar-refractivity contribution in [3.8, 4) is 17.6 Å². The van der Waals surface area contributed by atoms with Crippen molar-refractivity contribution in [2.75, 3.05) is 19.5 Å². The summed E-state index contributed by atoms with van der Waals surface area (Å²) in [7, 11) is 0. The number of hydrogen-bond donors (Lipinski definition) is 2. The summed E-state index contributed by atoms with van der Waals surface area (Å²) in [6.45, 7) is 0.909. The molecule has 2 aliphatic heterocycles. The summed E-state index contributed by atoms with van der Waals surface area (Å²) in [4.78, 5) is 27.4. The maximum absolute atomic E-state index is 13.4. The molecule has 0 unspecified atom stereocenters. The van der Waals surface area contributed by atoms with Gasteiger partial charge in [-0.2, -0.15) is 5.26 Å². The van der Waals surface area contributed by atoms with Crippen molar-refractivity contribution in [1.29, 1.82) is 5.26 Å². The third kappa shape index (κ3) is 5.78. The largest absolute Gasteiger partial charge is 0.493 e. The van der Waals surface area contributed by atoms with Crippen molar-refractivity contribution >= 4 is 35.2 Å². The molecular weight excluding hydrogens is 474 g/mol. The Morgan fingerprint density at radius 3 is 2.53 bits per heavy atom. The van der Waals surface area contributed by atoms with Gasteiger partial charge < -0.3 is 20.1 Å². The third-order valence-corrected chi connectivity index (χ3v) is 6.89. The second-order valence-corrected chi connectivity index (χ2v) is 9.73. The SMILES string of the molecule is CSc1ccc2c(c1)C(=O)N[C@H](C(=O)NC1(C#N)CC1)Cc1ccc(c(Cl)c1)OCCCCO2. The molecule has 0 saturated heterocycles. The highest BCUT2D eigenvalue weighted by Gasteiger charge is 2.45. The summed E-state index contributed by atoms with van der Waals surface area (Å²) in [6.07, 6.45) is 4.84. The fourth-order valence-electron chi connectivity index (χ4n) is 3.69. The van der Waals surface area contributed by atoms with Crippen molar-refractivity contribution in [2.24, 2.45) is 0 Å². The fourth-order valence-corrected chi connectivity index (χ4v) is 4.39. The molecular formula is C25H26ClN3O4S. The minimum atomic E-state index is -0.903. The van der Waals surface area contributed by atoms with Gasteiger partial charge in [0.2, 0.25) is 5.91 Å². The van der Waals surface area contributed by atoms with E-state index in [1.165, 1.54) is 11.8 Å². The van der Waals surface area contributed by atoms with Gasteiger partial charge in [-0.15, -0.1) is 11.8 Å². The van der Waals surface area contributed by atoms with Gasteiger partial charge in [-0.3, -0.25) is 9.59 Å². The number of carbonyl (C=O) groups excluding carboxylic acids is 2. The number of thioether (sulfide) groups is 1. The zero-order valence-electron chi connectivity index (χ0n) is 18.9. The zero-order chi connectivity index (χ0) is 24.1. The van der Waals surface area contributed by atoms with E-state index < -0.39 is 23.4 Å². The number of nitriles is 1. The smallest absolute Gasteiger partial charge is 0.255 e. The van der Waals surface area contributed by atoms with Crippen LogP contribution in [0.2, 0.25) is 5.02 Å². The first-order valence-electron chi connectivity index (χ1n) is 11.2. The van der Waals surface area contributed by atoms with Crippen molar-refractivity contribution in [3.05, 3.63) is 52.5 Å². The Balaban J connectivity index is 1.67. The molecule has 1 atom stereocenters. The summed E-state index contributed by atoms with van der Waals surface area (Å²) >= 11 is 7.92. The molecule has 1 fully saturated rings. The molecule has 5 rings (SSSR count). The minimum Gasteiger partial charge on any atom is -0.493 e. The second kappa shape index (κ2) is 10.6. The van der Waals surface area contributed by atoms with Gasteiger partial charge in [0.25, 0.3) is 5.91 Å². The van der Waals surface area contributed by atoms with Gasteiger partial charge in [0.05, 0.1) is 29.9 Å². The number of hydrogen-bond acceptors (Lipinski definition) is 6. The normalized spacial score (nSPS) is 19.6. The number of carbonyl (C=O) groups is 2. The Morgan fingerprint density at radius 2 is 1.88 bits per heavy atom. The molecule has 2 heterocycles. The van der Waals surface area contributed by atoms with Crippen LogP contribution in [0.4, 0.5) is 0 Å². The number of nitrogens with zero attached hydrogens (tertiary/aromatic N) is 1. The first kappa shape index (κ1) is 24.2. The molecule has 3 aliphatic rings. The van der Waals surface area contributed by atoms with E-state index in [4.69, 9.17) is 21.1 Å². The Labute approximate surface area is 208 Å². The highest BCUT2D eigenvalue weighted by atomic mass is 35.5. The van der Waals surface area contributed by atoms with E-state index in [9.17, 15) is 14.9 Å². The molecule has 7 nitrogen and oxygen atoms in total. The lowest BCUT2D eigenvalue weighted by Gasteiger charge is -2.22. The maximum atomic E-state index is 13.4. The average molecular weight is 500 g/mol. The highest BCUT2D eigenvalue weighted by molar-refractivity contribution is 7.98. The summed E-state index contributed by atoms with van der Waals surface area (Å²) in [6, 6.07) is 12.0. The van der Waals surface area contributed by atoms with Gasteiger partial charge >= 0.3 is 0 Å². The number of halogens is 1. The van der Waals surface area contributed by atoms with Gasteiger partial charge in [0, 0.05) is 11.3 Å². The average Bonchev–Trinajstić information content (AvgIpc) is 3.61. The standard InChI is InChI=1S/C25H26ClN3O4S/c1-34-17-5-7-21-18(14-17)23(30)28-20(24(31)29-25(15-27)8-9-25)13-16-4-6-22(19(26)12-16)33-11-3-2-10-32-21/h4-7,12,14,20H,2-3,8-11,13H2,1H3,(H,28,30)(H,29,31)/t20-/m0/s1. The molecule has 2 aromatic carbocycles. The fraction of sp³-hybridized carbons (Fsp3) is 0.400. The van der Waals surface area contributed by atoms with Crippen LogP contribution in [0.5, 0.6) is 11.5 Å². The van der Waals surface area contributed by atoms with Crippen LogP contribution in [0.1, 0.15) is 41.6 Å². The topological polar surface area (TPSA) is 100 Å². The molecule has 0 radical (unpaired) electrons. The molecule has 2 amide bonds. The molecule has 1 saturated carbocycles. The van der Waals surface area contributed by atoms with E-state index in [0.29, 0.717) is 48.1 Å². The number of fused-ring (bicyclic) bond motifs is 10. The Hall–Kier alpha value is -2.89. The van der Waals surface area contributed by atoms with Gasteiger partial charge in [0.1, 0.15) is 23.1 Å². The highest BCUT2D eigenvalue weighted by Crippen LogP contribution is 2.34. The van der Waals surface area contributed by atoms with Crippen LogP contribution in [0.25, 0.3) is 0 Å². The Kier molecular flexibility index (Phi) is 7.54. The second-order valence-electron chi connectivity index (χ2n) is 8.44. The zero-order valence-corrected chi connectivity index (χ0v) is 20.4. The van der Waals surface area contributed by atoms with Gasteiger partial charge in [-0.25, -0.2) is 0 Å². The minimum absolute atomic E-state index is 0.206. The van der Waals surface area contributed by atoms with Crippen LogP contribution >= 0.6 is 23.4 Å². The van der Waals surface area contributed by atoms with Crippen LogP contribution in [0.3, 0.4) is 0 Å². The van der Waals surface area contributed by atoms with Crippen molar-refractivity contribution in [2.45, 2.75) is 48.6 Å². The monoisotopic (exact) mass is 499 g/mol. The quantitative estimate of drug-likeness (QED) is 0.616. The van der Waals surface area contributed by atoms with Gasteiger partial charge in [-0.05, 0) is 67.8 Å². The molecule has 34 heavy (non-hydrogen) atoms. The van der Waals surface area contributed by atoms with Crippen molar-refractivity contribution in [3.63, 3.8) is 0 Å². The summed E-state index contributed by atoms with van der Waals surface area (Å²) < 4.78 is 11.7. The number of benzene rings is 2. The van der Waals surface area contributed by atoms with Crippen LogP contribution in [-0.4, -0.2) is 42.9 Å². The third-order valence-electron chi connectivity index (χ3n) is 5.87. The number of rotatable bonds is 3. The first-order chi connectivity index (χ1) is 16.4. The summed E-state index contributed by atoms with van der Waals surface area (Å²) in [5.74, 6) is 0.212. The van der Waals surface area contributed by atoms with Crippen LogP contribution in [-0.2, 0) is 11.2 Å². The lowest BCUT2D eigenvalue weighted by Crippen LogP contribution is -2.51. The maximum Gasteiger partial charge on any atom is 0.255 e. The van der Waals surface area contributed by atoms with E-state index in [0.717, 1.165) is 23.3 Å². The van der Waals surface area contributed by atoms with Crippen LogP contribution < -0.4 is 20.1 Å². The molecule has 0 spiro atoms. The molecule has 2 N–H and O–H groups in total. The lowest BCUT2D eigenvalue weighted by atomic mass is 10.0. The van der Waals surface area contributed by atoms with E-state index >= 15 is 0 Å². The van der Waals surface area contributed by atoms with E-state index in [1.807, 2.05) is 18.4 Å². The molecule has 2 bridgehead atoms. The molecule has 178 valence electrons. The van der Waals surface area contributed by atoms with Gasteiger partial charge in [0.15, 0.2) is 0 Å². The summed E-state index contributed by atoms with van der Waals surface area (Å²) in [5, 5.41) is 15.5. The van der Waals surface area contributed by atoms with E-state index in [-0.39, 0.29) is 6.42 Å². The van der Waals surface area contributed by atoms with E-state index in [2.05, 4.69) is 16.7 Å². The van der Waals surface area contributed by atoms with Crippen LogP contribution in [0.15, 0.2) is 41.3 Å². The number of amides is 2. The Morgan fingerprint density at radius 1 is 1.18 bits per heavy atom. The predicted molar refractivity (Wildman–Crippen MR) is 131 cm³/mol. The molecule has 2 aromatic rings. The van der Waals surface area contributed by atoms with Crippen molar-refractivity contribution < 1.29 is 19.1 Å². The first-order valence-corrected chi connectivity index (χ1v) is 12.8. The summed E-state index contributed by atoms with van der Waals surface area (Å²) in [5.41, 5.74) is 0.281. The number of ether oxygens (including phenoxy) is 2. The molecule has 0 aromatic heterocycles. The predicted octanol–water partition coefficient (Wildman–Crippen LogP) is 4.13. The van der Waals surface area contributed by atoms with Gasteiger partial charge in [-0.1, -0.05) is 17.7 Å². The number of nitrogens with one attached hydrogen (secondary N) is 2. The van der Waals surface area contributed by atoms with Crippen LogP contribution in [0, 0.1) is 11.3 Å². The van der Waals surface area contributed by atoms with E-state index in [1.54, 1.807) is 24.3 Å². The molecule has 9 heteroatoms. The lowest BCUT2D eigenvalue weighted by molar-refractivity contribution is -0.123. The Bertz CT molecular complexity index is 1130. The molecule has 1 aliphatic carbocycles.